The van der Waals surface area contributed by atoms with E-state index in [4.69, 9.17) is 16.0 Å². The summed E-state index contributed by atoms with van der Waals surface area (Å²) in [5, 5.41) is 8.60. The molecule has 0 N–H and O–H groups in total. The maximum atomic E-state index is 13.9. The summed E-state index contributed by atoms with van der Waals surface area (Å²) >= 11 is 6.13. The quantitative estimate of drug-likeness (QED) is 0.587. The van der Waals surface area contributed by atoms with Crippen LogP contribution >= 0.6 is 11.6 Å². The van der Waals surface area contributed by atoms with Gasteiger partial charge in [-0.25, -0.2) is 4.39 Å². The van der Waals surface area contributed by atoms with Crippen LogP contribution in [0.3, 0.4) is 0 Å². The van der Waals surface area contributed by atoms with Gasteiger partial charge in [-0.15, -0.1) is 10.2 Å². The van der Waals surface area contributed by atoms with Gasteiger partial charge in [0, 0.05) is 17.6 Å². The third-order valence-electron chi connectivity index (χ3n) is 4.68. The van der Waals surface area contributed by atoms with Crippen LogP contribution < -0.4 is 0 Å². The average Bonchev–Trinajstić information content (AvgIpc) is 3.37. The van der Waals surface area contributed by atoms with Crippen molar-refractivity contribution in [3.8, 4) is 11.5 Å². The highest BCUT2D eigenvalue weighted by atomic mass is 35.5. The molecule has 1 aliphatic heterocycles. The van der Waals surface area contributed by atoms with E-state index >= 15 is 0 Å². The molecule has 5 nitrogen and oxygen atoms in total. The highest BCUT2D eigenvalue weighted by Gasteiger charge is 2.33. The van der Waals surface area contributed by atoms with E-state index in [-0.39, 0.29) is 23.4 Å². The largest absolute Gasteiger partial charge is 0.418 e. The van der Waals surface area contributed by atoms with E-state index in [2.05, 4.69) is 10.2 Å². The lowest BCUT2D eigenvalue weighted by atomic mass is 10.2. The van der Waals surface area contributed by atoms with E-state index < -0.39 is 5.82 Å². The van der Waals surface area contributed by atoms with E-state index in [1.807, 2.05) is 18.2 Å². The van der Waals surface area contributed by atoms with Gasteiger partial charge in [0.15, 0.2) is 0 Å². The van der Waals surface area contributed by atoms with Gasteiger partial charge in [0.25, 0.3) is 5.89 Å². The zero-order valence-corrected chi connectivity index (χ0v) is 15.6. The van der Waals surface area contributed by atoms with Crippen LogP contribution in [0.5, 0.6) is 0 Å². The van der Waals surface area contributed by atoms with Crippen molar-refractivity contribution in [3.63, 3.8) is 0 Å². The Morgan fingerprint density at radius 3 is 2.79 bits per heavy atom. The number of nitrogens with zero attached hydrogens (tertiary/aromatic N) is 3. The molecule has 0 spiro atoms. The maximum absolute atomic E-state index is 13.9. The fourth-order valence-corrected chi connectivity index (χ4v) is 3.47. The summed E-state index contributed by atoms with van der Waals surface area (Å²) in [5.41, 5.74) is 1.02. The van der Waals surface area contributed by atoms with Crippen molar-refractivity contribution in [2.75, 3.05) is 6.54 Å². The molecule has 3 aromatic rings. The Morgan fingerprint density at radius 2 is 1.96 bits per heavy atom. The van der Waals surface area contributed by atoms with Crippen molar-refractivity contribution in [1.29, 1.82) is 0 Å². The third kappa shape index (κ3) is 3.68. The van der Waals surface area contributed by atoms with Gasteiger partial charge in [-0.1, -0.05) is 41.9 Å². The Balaban J connectivity index is 1.53. The molecule has 2 aromatic carbocycles. The zero-order chi connectivity index (χ0) is 19.5. The van der Waals surface area contributed by atoms with E-state index in [1.54, 1.807) is 35.2 Å². The van der Waals surface area contributed by atoms with Gasteiger partial charge in [0.2, 0.25) is 11.8 Å². The number of aromatic nitrogens is 2. The van der Waals surface area contributed by atoms with Crippen molar-refractivity contribution < 1.29 is 13.6 Å². The second-order valence-electron chi connectivity index (χ2n) is 6.47. The second-order valence-corrected chi connectivity index (χ2v) is 6.88. The zero-order valence-electron chi connectivity index (χ0n) is 14.9. The molecule has 0 radical (unpaired) electrons. The maximum Gasteiger partial charge on any atom is 0.250 e. The molecule has 1 aromatic heterocycles. The fourth-order valence-electron chi connectivity index (χ4n) is 3.27. The van der Waals surface area contributed by atoms with Gasteiger partial charge < -0.3 is 9.32 Å². The predicted octanol–water partition coefficient (Wildman–Crippen LogP) is 4.91. The minimum absolute atomic E-state index is 0.110. The van der Waals surface area contributed by atoms with Crippen LogP contribution in [-0.4, -0.2) is 27.5 Å². The Bertz CT molecular complexity index is 1030. The molecule has 4 rings (SSSR count). The Hall–Kier alpha value is -2.99. The molecule has 1 amide bonds. The van der Waals surface area contributed by atoms with Gasteiger partial charge in [-0.2, -0.15) is 0 Å². The monoisotopic (exact) mass is 397 g/mol. The first-order valence-electron chi connectivity index (χ1n) is 8.95. The summed E-state index contributed by atoms with van der Waals surface area (Å²) in [6.07, 6.45) is 4.73. The molecule has 1 unspecified atom stereocenters. The second kappa shape index (κ2) is 7.94. The third-order valence-corrected chi connectivity index (χ3v) is 5.02. The summed E-state index contributed by atoms with van der Waals surface area (Å²) in [5.74, 6) is -0.165. The average molecular weight is 398 g/mol. The van der Waals surface area contributed by atoms with E-state index in [9.17, 15) is 9.18 Å². The van der Waals surface area contributed by atoms with Gasteiger partial charge >= 0.3 is 0 Å². The van der Waals surface area contributed by atoms with Gasteiger partial charge in [0.05, 0.1) is 5.56 Å². The molecule has 0 bridgehead atoms. The lowest BCUT2D eigenvalue weighted by molar-refractivity contribution is -0.127. The first-order chi connectivity index (χ1) is 13.6. The van der Waals surface area contributed by atoms with Crippen LogP contribution in [0.25, 0.3) is 17.5 Å². The van der Waals surface area contributed by atoms with Crippen molar-refractivity contribution in [2.45, 2.75) is 18.9 Å². The Kier molecular flexibility index (Phi) is 5.21. The molecule has 7 heteroatoms. The summed E-state index contributed by atoms with van der Waals surface area (Å²) in [6.45, 7) is 0.591. The van der Waals surface area contributed by atoms with E-state index in [0.717, 1.165) is 12.0 Å². The summed E-state index contributed by atoms with van der Waals surface area (Å²) in [4.78, 5) is 14.4. The summed E-state index contributed by atoms with van der Waals surface area (Å²) in [7, 11) is 0. The minimum Gasteiger partial charge on any atom is -0.418 e. The molecule has 2 heterocycles. The van der Waals surface area contributed by atoms with Crippen molar-refractivity contribution in [3.05, 3.63) is 76.9 Å². The SMILES string of the molecule is O=C(C=Cc1ccccc1Cl)N1CCCC1c1nnc(-c2ccccc2F)o1. The fraction of sp³-hybridized carbons (Fsp3) is 0.190. The number of halogens is 2. The summed E-state index contributed by atoms with van der Waals surface area (Å²) < 4.78 is 19.6. The van der Waals surface area contributed by atoms with E-state index in [0.29, 0.717) is 23.9 Å². The number of likely N-dealkylation sites (tertiary alicyclic amines) is 1. The molecule has 1 atom stereocenters. The van der Waals surface area contributed by atoms with Crippen LogP contribution in [0.2, 0.25) is 5.02 Å². The molecule has 1 fully saturated rings. The normalized spacial score (nSPS) is 16.8. The Morgan fingerprint density at radius 1 is 1.18 bits per heavy atom. The standard InChI is InChI=1S/C21H17ClFN3O2/c22-16-8-3-1-6-14(16)11-12-19(27)26-13-5-10-18(26)21-25-24-20(28-21)15-7-2-4-9-17(15)23/h1-4,6-9,11-12,18H,5,10,13H2. The Labute approximate surface area is 166 Å². The van der Waals surface area contributed by atoms with Gasteiger partial charge in [0.1, 0.15) is 11.9 Å². The molecule has 1 saturated heterocycles. The first-order valence-corrected chi connectivity index (χ1v) is 9.33. The lowest BCUT2D eigenvalue weighted by Crippen LogP contribution is -2.29. The first kappa shape index (κ1) is 18.4. The summed E-state index contributed by atoms with van der Waals surface area (Å²) in [6, 6.07) is 13.2. The van der Waals surface area contributed by atoms with E-state index in [1.165, 1.54) is 12.1 Å². The minimum atomic E-state index is -0.431. The number of benzene rings is 2. The number of amides is 1. The lowest BCUT2D eigenvalue weighted by Gasteiger charge is -2.20. The van der Waals surface area contributed by atoms with Crippen molar-refractivity contribution in [2.24, 2.45) is 0 Å². The highest BCUT2D eigenvalue weighted by molar-refractivity contribution is 6.32. The van der Waals surface area contributed by atoms with Crippen molar-refractivity contribution >= 4 is 23.6 Å². The predicted molar refractivity (Wildman–Crippen MR) is 104 cm³/mol. The molecule has 1 aliphatic rings. The number of rotatable bonds is 4. The molecular formula is C21H17ClFN3O2. The van der Waals surface area contributed by atoms with Gasteiger partial charge in [-0.3, -0.25) is 4.79 Å². The van der Waals surface area contributed by atoms with Crippen molar-refractivity contribution in [1.82, 2.24) is 15.1 Å². The molecular weight excluding hydrogens is 381 g/mol. The number of carbonyl (C=O) groups is 1. The van der Waals surface area contributed by atoms with Crippen LogP contribution in [-0.2, 0) is 4.79 Å². The number of hydrogen-bond donors (Lipinski definition) is 0. The topological polar surface area (TPSA) is 59.2 Å². The molecule has 0 saturated carbocycles. The molecule has 28 heavy (non-hydrogen) atoms. The molecule has 142 valence electrons. The number of hydrogen-bond acceptors (Lipinski definition) is 4. The molecule has 0 aliphatic carbocycles. The van der Waals surface area contributed by atoms with Crippen LogP contribution in [0, 0.1) is 5.82 Å². The van der Waals surface area contributed by atoms with Crippen LogP contribution in [0.1, 0.15) is 30.3 Å². The number of carbonyl (C=O) groups excluding carboxylic acids is 1. The van der Waals surface area contributed by atoms with Crippen LogP contribution in [0.15, 0.2) is 59.0 Å². The van der Waals surface area contributed by atoms with Gasteiger partial charge in [-0.05, 0) is 42.7 Å². The highest BCUT2D eigenvalue weighted by Crippen LogP contribution is 2.33. The smallest absolute Gasteiger partial charge is 0.250 e. The van der Waals surface area contributed by atoms with Crippen LogP contribution in [0.4, 0.5) is 4.39 Å².